The zero-order chi connectivity index (χ0) is 42.3. The van der Waals surface area contributed by atoms with Gasteiger partial charge in [0.15, 0.2) is 11.5 Å². The van der Waals surface area contributed by atoms with Crippen molar-refractivity contribution in [3.63, 3.8) is 0 Å². The summed E-state index contributed by atoms with van der Waals surface area (Å²) in [6.45, 7) is 4.96. The largest absolute Gasteiger partial charge is 0.385 e. The van der Waals surface area contributed by atoms with Gasteiger partial charge in [-0.1, -0.05) is 49.1 Å². The third-order valence-electron chi connectivity index (χ3n) is 13.0. The molecule has 4 fully saturated rings. The summed E-state index contributed by atoms with van der Waals surface area (Å²) in [7, 11) is 1.81. The number of aromatic nitrogens is 4. The van der Waals surface area contributed by atoms with Crippen LogP contribution in [-0.2, 0) is 22.6 Å². The van der Waals surface area contributed by atoms with Gasteiger partial charge in [-0.15, -0.1) is 5.10 Å². The van der Waals surface area contributed by atoms with Crippen molar-refractivity contribution >= 4 is 58.1 Å². The van der Waals surface area contributed by atoms with E-state index in [2.05, 4.69) is 49.7 Å². The second-order valence-electron chi connectivity index (χ2n) is 17.0. The Balaban J connectivity index is 0.00000152. The minimum atomic E-state index is -0.588. The van der Waals surface area contributed by atoms with E-state index in [4.69, 9.17) is 27.4 Å². The Hall–Kier alpha value is -5.86. The summed E-state index contributed by atoms with van der Waals surface area (Å²) in [5.41, 5.74) is 13.9. The minimum Gasteiger partial charge on any atom is -0.385 e. The highest BCUT2D eigenvalue weighted by molar-refractivity contribution is 6.32. The normalized spacial score (nSPS) is 19.6. The molecular formula is C46H51ClN10O4. The summed E-state index contributed by atoms with van der Waals surface area (Å²) in [6, 6.07) is 17.7. The van der Waals surface area contributed by atoms with Crippen LogP contribution in [0.1, 0.15) is 101 Å². The molecule has 5 aromatic rings. The SMILES string of the molecule is C1CC1.CNc1cc(N2CCc3c(-c4ccc(CN5CCC6(CC5)CCN(C(=O)c5ccc(Cl)c(C7CCC(=O)NC7=O)c5)CC6)cn4)cccc32)nn2c(C(N)=O)cnc12. The molecule has 1 atom stereocenters. The molecule has 5 aliphatic rings. The van der Waals surface area contributed by atoms with Crippen molar-refractivity contribution in [1.82, 2.24) is 34.7 Å². The first-order chi connectivity index (χ1) is 29.6. The van der Waals surface area contributed by atoms with Gasteiger partial charge in [0.25, 0.3) is 11.8 Å². The van der Waals surface area contributed by atoms with Gasteiger partial charge in [0, 0.05) is 73.7 Å². The van der Waals surface area contributed by atoms with Crippen LogP contribution in [-0.4, -0.2) is 92.8 Å². The highest BCUT2D eigenvalue weighted by atomic mass is 35.5. The first-order valence-electron chi connectivity index (χ1n) is 21.5. The number of imidazole rings is 1. The van der Waals surface area contributed by atoms with Gasteiger partial charge in [-0.3, -0.25) is 34.4 Å². The monoisotopic (exact) mass is 842 g/mol. The molecule has 1 aliphatic carbocycles. The van der Waals surface area contributed by atoms with Crippen molar-refractivity contribution in [2.75, 3.05) is 50.0 Å². The molecule has 15 heteroatoms. The predicted molar refractivity (Wildman–Crippen MR) is 234 cm³/mol. The fraction of sp³-hybridized carbons (Fsp3) is 0.413. The van der Waals surface area contributed by atoms with Gasteiger partial charge >= 0.3 is 0 Å². The number of fused-ring (bicyclic) bond motifs is 2. The molecule has 3 aromatic heterocycles. The molecule has 7 heterocycles. The molecule has 0 radical (unpaired) electrons. The van der Waals surface area contributed by atoms with Crippen LogP contribution in [0.15, 0.2) is 67.0 Å². The summed E-state index contributed by atoms with van der Waals surface area (Å²) in [4.78, 5) is 65.8. The molecule has 3 saturated heterocycles. The van der Waals surface area contributed by atoms with Crippen LogP contribution in [0.5, 0.6) is 0 Å². The van der Waals surface area contributed by atoms with Crippen molar-refractivity contribution in [3.8, 4) is 11.3 Å². The van der Waals surface area contributed by atoms with E-state index >= 15 is 0 Å². The maximum Gasteiger partial charge on any atom is 0.269 e. The predicted octanol–water partition coefficient (Wildman–Crippen LogP) is 6.49. The second kappa shape index (κ2) is 16.9. The highest BCUT2D eigenvalue weighted by Gasteiger charge is 2.39. The number of hydrogen-bond acceptors (Lipinski definition) is 10. The molecule has 61 heavy (non-hydrogen) atoms. The number of benzene rings is 2. The van der Waals surface area contributed by atoms with Gasteiger partial charge in [-0.2, -0.15) is 0 Å². The van der Waals surface area contributed by atoms with Gasteiger partial charge in [-0.05, 0) is 104 Å². The Morgan fingerprint density at radius 1 is 0.918 bits per heavy atom. The number of hydrogen-bond donors (Lipinski definition) is 3. The third kappa shape index (κ3) is 8.30. The lowest BCUT2D eigenvalue weighted by molar-refractivity contribution is -0.134. The molecule has 1 unspecified atom stereocenters. The summed E-state index contributed by atoms with van der Waals surface area (Å²) < 4.78 is 1.51. The number of nitrogens with zero attached hydrogens (tertiary/aromatic N) is 7. The van der Waals surface area contributed by atoms with Crippen LogP contribution < -0.4 is 21.3 Å². The number of piperidine rings is 3. The van der Waals surface area contributed by atoms with E-state index in [1.54, 1.807) is 18.2 Å². The highest BCUT2D eigenvalue weighted by Crippen LogP contribution is 2.43. The number of nitrogens with one attached hydrogen (secondary N) is 2. The number of imide groups is 1. The number of amides is 4. The standard InChI is InChI=1S/C43H45ClN10O4.C3H6/c1-46-34-22-37(50-54-36(39(45)56)24-48-40(34)54)53-16-11-29-28(3-2-4-35(29)53)33-9-5-26(23-47-33)25-51-17-12-43(13-18-51)14-19-52(20-15-43)42(58)27-6-8-32(44)31(21-27)30-7-10-38(55)49-41(30)57;1-2-3-1/h2-6,8-9,21-24,30,46H,7,10-20,25H2,1H3,(H2,45,56)(H,49,55,57);1-3H2. The van der Waals surface area contributed by atoms with Crippen molar-refractivity contribution in [3.05, 3.63) is 100.0 Å². The Kier molecular flexibility index (Phi) is 11.2. The van der Waals surface area contributed by atoms with Crippen molar-refractivity contribution < 1.29 is 19.2 Å². The molecule has 2 aromatic carbocycles. The van der Waals surface area contributed by atoms with Crippen LogP contribution in [0.2, 0.25) is 5.02 Å². The zero-order valence-electron chi connectivity index (χ0n) is 34.5. The number of pyridine rings is 1. The van der Waals surface area contributed by atoms with E-state index in [9.17, 15) is 19.2 Å². The van der Waals surface area contributed by atoms with E-state index in [1.807, 2.05) is 30.3 Å². The van der Waals surface area contributed by atoms with E-state index < -0.39 is 11.8 Å². The average Bonchev–Trinajstić information content (AvgIpc) is 3.99. The Labute approximate surface area is 359 Å². The maximum absolute atomic E-state index is 13.6. The first kappa shape index (κ1) is 40.5. The van der Waals surface area contributed by atoms with Crippen LogP contribution in [0.25, 0.3) is 16.9 Å². The second-order valence-corrected chi connectivity index (χ2v) is 17.4. The molecule has 316 valence electrons. The number of carbonyl (C=O) groups excluding carboxylic acids is 4. The first-order valence-corrected chi connectivity index (χ1v) is 21.8. The summed E-state index contributed by atoms with van der Waals surface area (Å²) in [5, 5.41) is 10.8. The van der Waals surface area contributed by atoms with Crippen molar-refractivity contribution in [1.29, 1.82) is 0 Å². The molecule has 4 N–H and O–H groups in total. The average molecular weight is 843 g/mol. The van der Waals surface area contributed by atoms with Crippen LogP contribution in [0, 0.1) is 5.41 Å². The Morgan fingerprint density at radius 2 is 1.69 bits per heavy atom. The van der Waals surface area contributed by atoms with E-state index in [-0.39, 0.29) is 35.3 Å². The Morgan fingerprint density at radius 3 is 2.38 bits per heavy atom. The molecule has 1 saturated carbocycles. The lowest BCUT2D eigenvalue weighted by Crippen LogP contribution is -2.48. The van der Waals surface area contributed by atoms with E-state index in [0.717, 1.165) is 80.9 Å². The fourth-order valence-corrected chi connectivity index (χ4v) is 9.52. The van der Waals surface area contributed by atoms with E-state index in [0.29, 0.717) is 47.1 Å². The lowest BCUT2D eigenvalue weighted by Gasteiger charge is -2.47. The smallest absolute Gasteiger partial charge is 0.269 e. The fourth-order valence-electron chi connectivity index (χ4n) is 9.27. The van der Waals surface area contributed by atoms with Crippen molar-refractivity contribution in [2.24, 2.45) is 11.1 Å². The molecule has 4 amide bonds. The lowest BCUT2D eigenvalue weighted by atomic mass is 9.71. The van der Waals surface area contributed by atoms with Crippen molar-refractivity contribution in [2.45, 2.75) is 76.7 Å². The number of carbonyl (C=O) groups is 4. The summed E-state index contributed by atoms with van der Waals surface area (Å²) in [6.07, 6.45) is 13.5. The third-order valence-corrected chi connectivity index (χ3v) is 13.4. The van der Waals surface area contributed by atoms with Gasteiger partial charge in [0.2, 0.25) is 11.8 Å². The number of rotatable bonds is 8. The number of likely N-dealkylation sites (tertiary alicyclic amines) is 2. The quantitative estimate of drug-likeness (QED) is 0.147. The van der Waals surface area contributed by atoms with Gasteiger partial charge < -0.3 is 20.9 Å². The van der Waals surface area contributed by atoms with Gasteiger partial charge in [-0.25, -0.2) is 9.50 Å². The summed E-state index contributed by atoms with van der Waals surface area (Å²) in [5.74, 6) is -1.12. The molecular weight excluding hydrogens is 792 g/mol. The molecule has 1 spiro atoms. The van der Waals surface area contributed by atoms with Gasteiger partial charge in [0.1, 0.15) is 5.69 Å². The van der Waals surface area contributed by atoms with Crippen LogP contribution >= 0.6 is 11.6 Å². The van der Waals surface area contributed by atoms with Crippen LogP contribution in [0.4, 0.5) is 17.2 Å². The summed E-state index contributed by atoms with van der Waals surface area (Å²) >= 11 is 6.47. The van der Waals surface area contributed by atoms with Crippen LogP contribution in [0.3, 0.4) is 0 Å². The topological polar surface area (TPSA) is 171 Å². The molecule has 10 rings (SSSR count). The maximum atomic E-state index is 13.6. The number of anilines is 3. The molecule has 14 nitrogen and oxygen atoms in total. The number of primary amides is 1. The molecule has 4 aliphatic heterocycles. The number of halogens is 1. The number of nitrogens with two attached hydrogens (primary N) is 1. The van der Waals surface area contributed by atoms with E-state index in [1.165, 1.54) is 41.1 Å². The Bertz CT molecular complexity index is 2500. The molecule has 0 bridgehead atoms. The minimum absolute atomic E-state index is 0.0426. The zero-order valence-corrected chi connectivity index (χ0v) is 35.2. The van der Waals surface area contributed by atoms with Gasteiger partial charge in [0.05, 0.1) is 23.5 Å².